The van der Waals surface area contributed by atoms with Crippen LogP contribution in [0.2, 0.25) is 0 Å². The number of carboxylic acid groups (broad SMARTS) is 1. The molecule has 0 aliphatic carbocycles. The van der Waals surface area contributed by atoms with Gasteiger partial charge in [0, 0.05) is 12.8 Å². The van der Waals surface area contributed by atoms with Crippen LogP contribution in [0.3, 0.4) is 0 Å². The molecule has 0 aliphatic heterocycles. The van der Waals surface area contributed by atoms with Gasteiger partial charge in [0.25, 0.3) is 0 Å². The summed E-state index contributed by atoms with van der Waals surface area (Å²) in [5, 5.41) is 8.77. The molecule has 0 saturated heterocycles. The van der Waals surface area contributed by atoms with Crippen LogP contribution in [0.4, 0.5) is 0 Å². The minimum atomic E-state index is -0.714. The van der Waals surface area contributed by atoms with Crippen molar-refractivity contribution in [2.24, 2.45) is 0 Å². The molecule has 4 heteroatoms. The average molecular weight is 591 g/mol. The van der Waals surface area contributed by atoms with Crippen molar-refractivity contribution in [3.63, 3.8) is 0 Å². The number of rotatable bonds is 33. The molecule has 1 atom stereocenters. The van der Waals surface area contributed by atoms with Gasteiger partial charge in [-0.25, -0.2) is 0 Å². The molecule has 0 fully saturated rings. The quantitative estimate of drug-likeness (QED) is 0.0469. The lowest BCUT2D eigenvalue weighted by molar-refractivity contribution is -0.150. The fourth-order valence-electron chi connectivity index (χ4n) is 5.45. The van der Waals surface area contributed by atoms with Gasteiger partial charge >= 0.3 is 11.9 Å². The van der Waals surface area contributed by atoms with Crippen molar-refractivity contribution in [1.82, 2.24) is 0 Å². The number of carbonyl (C=O) groups excluding carboxylic acids is 1. The van der Waals surface area contributed by atoms with Gasteiger partial charge in [0.2, 0.25) is 0 Å². The lowest BCUT2D eigenvalue weighted by Crippen LogP contribution is -2.18. The molecule has 0 heterocycles. The molecule has 0 saturated carbocycles. The molecule has 0 radical (unpaired) electrons. The molecule has 0 rings (SSSR count). The highest BCUT2D eigenvalue weighted by atomic mass is 16.5. The van der Waals surface area contributed by atoms with Crippen molar-refractivity contribution >= 4 is 11.9 Å². The predicted octanol–water partition coefficient (Wildman–Crippen LogP) is 12.4. The zero-order valence-corrected chi connectivity index (χ0v) is 28.1. The Morgan fingerprint density at radius 3 is 1.43 bits per heavy atom. The van der Waals surface area contributed by atoms with Crippen LogP contribution in [0.5, 0.6) is 0 Å². The van der Waals surface area contributed by atoms with Gasteiger partial charge in [-0.05, 0) is 70.6 Å². The molecule has 0 aromatic heterocycles. The Balaban J connectivity index is 3.69. The molecule has 246 valence electrons. The highest BCUT2D eigenvalue weighted by Gasteiger charge is 2.14. The zero-order chi connectivity index (χ0) is 30.8. The third kappa shape index (κ3) is 32.9. The minimum absolute atomic E-state index is 0.0238. The van der Waals surface area contributed by atoms with Gasteiger partial charge in [-0.1, -0.05) is 141 Å². The lowest BCUT2D eigenvalue weighted by Gasteiger charge is -2.18. The van der Waals surface area contributed by atoms with Crippen LogP contribution in [-0.4, -0.2) is 23.1 Å². The first-order valence-corrected chi connectivity index (χ1v) is 18.3. The molecule has 0 bridgehead atoms. The first-order chi connectivity index (χ1) is 20.6. The monoisotopic (exact) mass is 591 g/mol. The molecule has 1 N–H and O–H groups in total. The van der Waals surface area contributed by atoms with Crippen LogP contribution in [0.1, 0.15) is 200 Å². The van der Waals surface area contributed by atoms with Crippen LogP contribution in [-0.2, 0) is 14.3 Å². The third-order valence-electron chi connectivity index (χ3n) is 8.18. The minimum Gasteiger partial charge on any atom is -0.481 e. The number of carboxylic acids is 1. The van der Waals surface area contributed by atoms with E-state index in [9.17, 15) is 9.59 Å². The van der Waals surface area contributed by atoms with E-state index in [1.54, 1.807) is 0 Å². The van der Waals surface area contributed by atoms with Crippen LogP contribution in [0.25, 0.3) is 0 Å². The number of carbonyl (C=O) groups is 2. The number of allylic oxidation sites excluding steroid dienone is 4. The van der Waals surface area contributed by atoms with E-state index >= 15 is 0 Å². The Kier molecular flexibility index (Phi) is 32.6. The maximum absolute atomic E-state index is 12.5. The van der Waals surface area contributed by atoms with Crippen LogP contribution in [0.15, 0.2) is 24.3 Å². The fourth-order valence-corrected chi connectivity index (χ4v) is 5.45. The van der Waals surface area contributed by atoms with Crippen molar-refractivity contribution in [3.05, 3.63) is 24.3 Å². The van der Waals surface area contributed by atoms with Crippen molar-refractivity contribution in [1.29, 1.82) is 0 Å². The average Bonchev–Trinajstić information content (AvgIpc) is 2.97. The Morgan fingerprint density at radius 2 is 0.929 bits per heavy atom. The Bertz CT molecular complexity index is 639. The van der Waals surface area contributed by atoms with E-state index in [0.717, 1.165) is 64.2 Å². The fraction of sp³-hybridized carbons (Fsp3) is 0.842. The summed E-state index contributed by atoms with van der Waals surface area (Å²) in [6.07, 6.45) is 42.2. The molecule has 0 spiro atoms. The highest BCUT2D eigenvalue weighted by molar-refractivity contribution is 5.69. The van der Waals surface area contributed by atoms with Gasteiger partial charge in [-0.3, -0.25) is 9.59 Å². The summed E-state index contributed by atoms with van der Waals surface area (Å²) in [7, 11) is 0. The van der Waals surface area contributed by atoms with E-state index in [-0.39, 0.29) is 18.5 Å². The normalized spacial score (nSPS) is 12.4. The second-order valence-corrected chi connectivity index (χ2v) is 12.4. The van der Waals surface area contributed by atoms with Crippen molar-refractivity contribution in [3.8, 4) is 0 Å². The molecule has 0 aliphatic rings. The molecule has 42 heavy (non-hydrogen) atoms. The summed E-state index contributed by atoms with van der Waals surface area (Å²) in [5.41, 5.74) is 0. The van der Waals surface area contributed by atoms with Gasteiger partial charge < -0.3 is 9.84 Å². The summed E-state index contributed by atoms with van der Waals surface area (Å²) >= 11 is 0. The van der Waals surface area contributed by atoms with Crippen molar-refractivity contribution < 1.29 is 19.4 Å². The van der Waals surface area contributed by atoms with Gasteiger partial charge in [0.1, 0.15) is 6.10 Å². The maximum Gasteiger partial charge on any atom is 0.306 e. The molecular formula is C38H70O4. The third-order valence-corrected chi connectivity index (χ3v) is 8.18. The maximum atomic E-state index is 12.5. The highest BCUT2D eigenvalue weighted by Crippen LogP contribution is 2.18. The van der Waals surface area contributed by atoms with Gasteiger partial charge in [0.05, 0.1) is 0 Å². The number of esters is 1. The molecule has 0 amide bonds. The molecular weight excluding hydrogens is 520 g/mol. The molecule has 0 aromatic carbocycles. The Hall–Kier alpha value is -1.58. The molecule has 0 aromatic rings. The summed E-state index contributed by atoms with van der Waals surface area (Å²) in [6.45, 7) is 4.48. The Labute approximate surface area is 261 Å². The van der Waals surface area contributed by atoms with Crippen molar-refractivity contribution in [2.45, 2.75) is 206 Å². The smallest absolute Gasteiger partial charge is 0.306 e. The number of hydrogen-bond donors (Lipinski definition) is 1. The largest absolute Gasteiger partial charge is 0.481 e. The van der Waals surface area contributed by atoms with Crippen LogP contribution in [0, 0.1) is 0 Å². The van der Waals surface area contributed by atoms with E-state index in [0.29, 0.717) is 6.42 Å². The predicted molar refractivity (Wildman–Crippen MR) is 181 cm³/mol. The van der Waals surface area contributed by atoms with Crippen LogP contribution >= 0.6 is 0 Å². The van der Waals surface area contributed by atoms with Crippen molar-refractivity contribution in [2.75, 3.05) is 0 Å². The Morgan fingerprint density at radius 1 is 0.524 bits per heavy atom. The number of ether oxygens (including phenoxy) is 1. The van der Waals surface area contributed by atoms with E-state index in [1.807, 2.05) is 0 Å². The van der Waals surface area contributed by atoms with E-state index < -0.39 is 5.97 Å². The van der Waals surface area contributed by atoms with E-state index in [1.165, 1.54) is 109 Å². The number of unbranched alkanes of at least 4 members (excludes halogenated alkanes) is 20. The topological polar surface area (TPSA) is 63.6 Å². The first-order valence-electron chi connectivity index (χ1n) is 18.3. The SMILES string of the molecule is CCCCCCC/C=C\C/C=C\CCCCCCCCCCCC(=O)OC(CCCCCC)CCCCCCC(=O)O. The van der Waals surface area contributed by atoms with Gasteiger partial charge in [-0.15, -0.1) is 0 Å². The summed E-state index contributed by atoms with van der Waals surface area (Å²) in [6, 6.07) is 0. The number of aliphatic carboxylic acids is 1. The number of hydrogen-bond acceptors (Lipinski definition) is 3. The van der Waals surface area contributed by atoms with E-state index in [2.05, 4.69) is 38.2 Å². The van der Waals surface area contributed by atoms with Gasteiger partial charge in [-0.2, -0.15) is 0 Å². The molecule has 1 unspecified atom stereocenters. The first kappa shape index (κ1) is 40.4. The lowest BCUT2D eigenvalue weighted by atomic mass is 10.0. The molecule has 4 nitrogen and oxygen atoms in total. The summed E-state index contributed by atoms with van der Waals surface area (Å²) in [5.74, 6) is -0.738. The van der Waals surface area contributed by atoms with Crippen LogP contribution < -0.4 is 0 Å². The second kappa shape index (κ2) is 33.9. The zero-order valence-electron chi connectivity index (χ0n) is 28.1. The second-order valence-electron chi connectivity index (χ2n) is 12.4. The van der Waals surface area contributed by atoms with Gasteiger partial charge in [0.15, 0.2) is 0 Å². The standard InChI is InChI=1S/C38H70O4/c1-3-5-7-9-10-11-12-13-14-15-16-17-18-19-20-21-22-23-24-25-31-35-38(41)42-36(32-28-8-6-4-2)33-29-26-27-30-34-37(39)40/h12-13,15-16,36H,3-11,14,17-35H2,1-2H3,(H,39,40)/b13-12-,16-15-. The summed E-state index contributed by atoms with van der Waals surface area (Å²) < 4.78 is 5.88. The van der Waals surface area contributed by atoms with E-state index in [4.69, 9.17) is 9.84 Å². The summed E-state index contributed by atoms with van der Waals surface area (Å²) in [4.78, 5) is 23.1.